The number of para-hydroxylation sites is 2. The van der Waals surface area contributed by atoms with Gasteiger partial charge in [-0.05, 0) is 50.4 Å². The highest BCUT2D eigenvalue weighted by Gasteiger charge is 2.26. The number of fused-ring (bicyclic) bond motifs is 2. The van der Waals surface area contributed by atoms with Crippen molar-refractivity contribution in [3.8, 4) is 11.5 Å². The molecule has 2 aliphatic rings. The number of ether oxygens (including phenoxy) is 3. The lowest BCUT2D eigenvalue weighted by Gasteiger charge is -2.31. The Morgan fingerprint density at radius 2 is 1.77 bits per heavy atom. The molecular weight excluding hydrogens is 378 g/mol. The summed E-state index contributed by atoms with van der Waals surface area (Å²) in [6, 6.07) is 16.2. The van der Waals surface area contributed by atoms with Crippen molar-refractivity contribution < 1.29 is 19.0 Å². The highest BCUT2D eigenvalue weighted by Crippen LogP contribution is 2.37. The van der Waals surface area contributed by atoms with Gasteiger partial charge in [0.05, 0.1) is 12.5 Å². The minimum atomic E-state index is -0.0577. The Morgan fingerprint density at radius 1 is 1.10 bits per heavy atom. The van der Waals surface area contributed by atoms with Crippen molar-refractivity contribution in [3.63, 3.8) is 0 Å². The second kappa shape index (κ2) is 9.81. The number of hydrogen-bond acceptors (Lipinski definition) is 5. The third-order valence-corrected chi connectivity index (χ3v) is 5.70. The monoisotopic (exact) mass is 407 g/mol. The number of likely N-dealkylation sites (tertiary alicyclic amines) is 1. The van der Waals surface area contributed by atoms with E-state index in [0.717, 1.165) is 67.1 Å². The lowest BCUT2D eigenvalue weighted by Crippen LogP contribution is -2.39. The highest BCUT2D eigenvalue weighted by molar-refractivity contribution is 5.85. The first kappa shape index (κ1) is 20.5. The number of benzene rings is 2. The topological polar surface area (TPSA) is 48.0 Å². The zero-order valence-corrected chi connectivity index (χ0v) is 17.5. The van der Waals surface area contributed by atoms with E-state index in [4.69, 9.17) is 14.2 Å². The molecule has 0 spiro atoms. The molecule has 0 radical (unpaired) electrons. The van der Waals surface area contributed by atoms with Crippen LogP contribution in [0.1, 0.15) is 37.3 Å². The van der Waals surface area contributed by atoms with Gasteiger partial charge in [-0.15, -0.1) is 0 Å². The van der Waals surface area contributed by atoms with Crippen molar-refractivity contribution in [1.29, 1.82) is 0 Å². The van der Waals surface area contributed by atoms with Gasteiger partial charge in [0.1, 0.15) is 11.5 Å². The molecule has 0 aromatic heterocycles. The summed E-state index contributed by atoms with van der Waals surface area (Å²) in [7, 11) is 0. The fraction of sp³-hybridized carbons (Fsp3) is 0.400. The van der Waals surface area contributed by atoms with E-state index in [9.17, 15) is 4.79 Å². The first-order chi connectivity index (χ1) is 14.8. The summed E-state index contributed by atoms with van der Waals surface area (Å²) in [6.07, 6.45) is 5.11. The standard InChI is InChI=1S/C25H29NO4/c1-2-28-25(27)19-9-7-15-26(17-19)16-8-12-20-21-10-3-5-13-23(21)29-18-30-24-14-6-4-11-22(20)24/h3-6,10-14,19H,2,7-9,15-18H2,1H3. The zero-order chi connectivity index (χ0) is 20.8. The highest BCUT2D eigenvalue weighted by atomic mass is 16.7. The number of esters is 1. The Morgan fingerprint density at radius 3 is 2.43 bits per heavy atom. The van der Waals surface area contributed by atoms with E-state index in [1.54, 1.807) is 0 Å². The van der Waals surface area contributed by atoms with Crippen LogP contribution in [0.15, 0.2) is 54.6 Å². The molecule has 5 heteroatoms. The van der Waals surface area contributed by atoms with Gasteiger partial charge in [0.25, 0.3) is 0 Å². The number of carbonyl (C=O) groups is 1. The van der Waals surface area contributed by atoms with E-state index in [1.807, 2.05) is 43.3 Å². The molecule has 2 aromatic carbocycles. The van der Waals surface area contributed by atoms with Crippen molar-refractivity contribution in [3.05, 3.63) is 65.7 Å². The quantitative estimate of drug-likeness (QED) is 0.683. The smallest absolute Gasteiger partial charge is 0.310 e. The van der Waals surface area contributed by atoms with E-state index in [2.05, 4.69) is 23.1 Å². The van der Waals surface area contributed by atoms with Gasteiger partial charge in [0.15, 0.2) is 0 Å². The van der Waals surface area contributed by atoms with Crippen LogP contribution in [0.5, 0.6) is 11.5 Å². The van der Waals surface area contributed by atoms with Crippen molar-refractivity contribution in [1.82, 2.24) is 4.90 Å². The predicted octanol–water partition coefficient (Wildman–Crippen LogP) is 4.51. The molecular formula is C25H29NO4. The summed E-state index contributed by atoms with van der Waals surface area (Å²) in [5.41, 5.74) is 3.28. The van der Waals surface area contributed by atoms with Crippen molar-refractivity contribution in [2.45, 2.75) is 26.2 Å². The molecule has 0 aliphatic carbocycles. The molecule has 2 aromatic rings. The molecule has 0 saturated carbocycles. The number of rotatable bonds is 5. The molecule has 0 N–H and O–H groups in total. The fourth-order valence-corrected chi connectivity index (χ4v) is 4.25. The summed E-state index contributed by atoms with van der Waals surface area (Å²) in [4.78, 5) is 14.5. The van der Waals surface area contributed by atoms with Gasteiger partial charge >= 0.3 is 5.97 Å². The van der Waals surface area contributed by atoms with Crippen LogP contribution < -0.4 is 9.47 Å². The Bertz CT molecular complexity index is 858. The first-order valence-electron chi connectivity index (χ1n) is 10.8. The van der Waals surface area contributed by atoms with Gasteiger partial charge in [0, 0.05) is 24.2 Å². The van der Waals surface area contributed by atoms with Crippen molar-refractivity contribution in [2.24, 2.45) is 5.92 Å². The van der Waals surface area contributed by atoms with Gasteiger partial charge in [-0.1, -0.05) is 42.5 Å². The molecule has 158 valence electrons. The fourth-order valence-electron chi connectivity index (χ4n) is 4.25. The number of carbonyl (C=O) groups excluding carboxylic acids is 1. The Kier molecular flexibility index (Phi) is 6.70. The molecule has 2 heterocycles. The molecule has 30 heavy (non-hydrogen) atoms. The van der Waals surface area contributed by atoms with Crippen molar-refractivity contribution >= 4 is 11.5 Å². The third-order valence-electron chi connectivity index (χ3n) is 5.70. The minimum Gasteiger partial charge on any atom is -0.466 e. The average molecular weight is 408 g/mol. The Hall–Kier alpha value is -2.79. The maximum absolute atomic E-state index is 12.1. The molecule has 1 atom stereocenters. The molecule has 5 nitrogen and oxygen atoms in total. The predicted molar refractivity (Wildman–Crippen MR) is 117 cm³/mol. The minimum absolute atomic E-state index is 0.00371. The average Bonchev–Trinajstić information content (AvgIpc) is 2.77. The molecule has 2 aliphatic heterocycles. The Balaban J connectivity index is 1.52. The van der Waals surface area contributed by atoms with Gasteiger partial charge in [0.2, 0.25) is 6.79 Å². The number of hydrogen-bond donors (Lipinski definition) is 0. The van der Waals surface area contributed by atoms with Gasteiger partial charge in [-0.25, -0.2) is 0 Å². The van der Waals surface area contributed by atoms with E-state index in [-0.39, 0.29) is 18.7 Å². The summed E-state index contributed by atoms with van der Waals surface area (Å²) in [5, 5.41) is 0. The summed E-state index contributed by atoms with van der Waals surface area (Å²) < 4.78 is 16.9. The van der Waals surface area contributed by atoms with Crippen molar-refractivity contribution in [2.75, 3.05) is 33.0 Å². The van der Waals surface area contributed by atoms with E-state index in [1.165, 1.54) is 0 Å². The third kappa shape index (κ3) is 4.68. The van der Waals surface area contributed by atoms with E-state index >= 15 is 0 Å². The largest absolute Gasteiger partial charge is 0.466 e. The van der Waals surface area contributed by atoms with Crippen LogP contribution >= 0.6 is 0 Å². The molecule has 4 rings (SSSR count). The first-order valence-corrected chi connectivity index (χ1v) is 10.8. The summed E-state index contributed by atoms with van der Waals surface area (Å²) >= 11 is 0. The zero-order valence-electron chi connectivity index (χ0n) is 17.5. The van der Waals surface area contributed by atoms with Crippen LogP contribution in [-0.2, 0) is 9.53 Å². The van der Waals surface area contributed by atoms with Crippen LogP contribution in [0.2, 0.25) is 0 Å². The van der Waals surface area contributed by atoms with Gasteiger partial charge in [-0.2, -0.15) is 0 Å². The second-order valence-electron chi connectivity index (χ2n) is 7.70. The molecule has 1 unspecified atom stereocenters. The maximum Gasteiger partial charge on any atom is 0.310 e. The van der Waals surface area contributed by atoms with Gasteiger partial charge < -0.3 is 19.1 Å². The van der Waals surface area contributed by atoms with E-state index < -0.39 is 0 Å². The normalized spacial score (nSPS) is 18.7. The summed E-state index contributed by atoms with van der Waals surface area (Å²) in [5.74, 6) is 1.60. The lowest BCUT2D eigenvalue weighted by atomic mass is 9.94. The van der Waals surface area contributed by atoms with Crippen LogP contribution in [0.4, 0.5) is 0 Å². The molecule has 0 bridgehead atoms. The number of nitrogens with zero attached hydrogens (tertiary/aromatic N) is 1. The van der Waals surface area contributed by atoms with Crippen LogP contribution in [0.3, 0.4) is 0 Å². The SMILES string of the molecule is CCOC(=O)C1CCCN(CCC=C2c3ccccc3OCOc3ccccc32)C1. The van der Waals surface area contributed by atoms with Crippen LogP contribution in [0, 0.1) is 5.92 Å². The second-order valence-corrected chi connectivity index (χ2v) is 7.70. The molecule has 1 fully saturated rings. The van der Waals surface area contributed by atoms with E-state index in [0.29, 0.717) is 6.61 Å². The number of piperidine rings is 1. The Labute approximate surface area is 178 Å². The molecule has 0 amide bonds. The molecule has 1 saturated heterocycles. The summed E-state index contributed by atoms with van der Waals surface area (Å²) in [6.45, 7) is 5.23. The lowest BCUT2D eigenvalue weighted by molar-refractivity contribution is -0.149. The maximum atomic E-state index is 12.1. The van der Waals surface area contributed by atoms with Crippen LogP contribution in [0.25, 0.3) is 5.57 Å². The van der Waals surface area contributed by atoms with Crippen LogP contribution in [-0.4, -0.2) is 43.9 Å². The van der Waals surface area contributed by atoms with Gasteiger partial charge in [-0.3, -0.25) is 4.79 Å².